The summed E-state index contributed by atoms with van der Waals surface area (Å²) in [4.78, 5) is 4.50. The predicted octanol–water partition coefficient (Wildman–Crippen LogP) is 6.69. The normalized spacial score (nSPS) is 45.3. The van der Waals surface area contributed by atoms with Crippen LogP contribution in [0.3, 0.4) is 0 Å². The second-order valence-electron chi connectivity index (χ2n) is 12.3. The molecule has 3 fully saturated rings. The van der Waals surface area contributed by atoms with Crippen molar-refractivity contribution in [2.45, 2.75) is 111 Å². The predicted molar refractivity (Wildman–Crippen MR) is 118 cm³/mol. The minimum Gasteiger partial charge on any atom is -0.723 e. The first-order valence-electron chi connectivity index (χ1n) is 12.8. The molecule has 0 aliphatic heterocycles. The third-order valence-electron chi connectivity index (χ3n) is 10.4. The van der Waals surface area contributed by atoms with Gasteiger partial charge in [-0.1, -0.05) is 65.5 Å². The average molecular weight is 402 g/mol. The fraction of sp³-hybridized carbons (Fsp3) is 0.926. The minimum absolute atomic E-state index is 0.0812. The van der Waals surface area contributed by atoms with Gasteiger partial charge in [-0.3, -0.25) is 0 Å². The van der Waals surface area contributed by atoms with Crippen molar-refractivity contribution in [1.82, 2.24) is 0 Å². The number of hydrogen-bond donors (Lipinski definition) is 0. The monoisotopic (exact) mass is 401 g/mol. The third-order valence-corrected chi connectivity index (χ3v) is 10.4. The van der Waals surface area contributed by atoms with Crippen molar-refractivity contribution in [1.29, 1.82) is 0 Å². The van der Waals surface area contributed by atoms with Gasteiger partial charge in [0.15, 0.2) is 0 Å². The van der Waals surface area contributed by atoms with Gasteiger partial charge in [0.25, 0.3) is 0 Å². The van der Waals surface area contributed by atoms with Crippen LogP contribution in [0.2, 0.25) is 0 Å². The lowest BCUT2D eigenvalue weighted by Crippen LogP contribution is -2.51. The lowest BCUT2D eigenvalue weighted by atomic mass is 9.47. The van der Waals surface area contributed by atoms with Crippen LogP contribution in [0.15, 0.2) is 11.6 Å². The van der Waals surface area contributed by atoms with E-state index in [1.165, 1.54) is 51.4 Å². The van der Waals surface area contributed by atoms with Crippen LogP contribution in [-0.2, 0) is 4.89 Å². The number of rotatable bonds is 6. The highest BCUT2D eigenvalue weighted by atomic mass is 17.1. The van der Waals surface area contributed by atoms with Gasteiger partial charge in [-0.15, -0.1) is 0 Å². The first-order chi connectivity index (χ1) is 13.8. The van der Waals surface area contributed by atoms with E-state index < -0.39 is 0 Å². The molecular weight excluding hydrogens is 356 g/mol. The molecule has 4 rings (SSSR count). The molecule has 0 aromatic rings. The summed E-state index contributed by atoms with van der Waals surface area (Å²) in [5.74, 6) is 5.29. The number of allylic oxidation sites excluding steroid dienone is 1. The molecule has 0 heterocycles. The second-order valence-corrected chi connectivity index (χ2v) is 12.3. The molecule has 4 aliphatic carbocycles. The zero-order valence-corrected chi connectivity index (χ0v) is 19.7. The molecule has 0 amide bonds. The van der Waals surface area contributed by atoms with Crippen LogP contribution in [0.5, 0.6) is 0 Å². The maximum Gasteiger partial charge on any atom is 0.0488 e. The molecule has 166 valence electrons. The SMILES string of the molecule is CC(C)CCC[C@@H](C)[C@H]1CC[C@H]2[C@@H]3CC=C4C[C@@H](O[O-])CC[C@]4(C)[C@H]3CC[C@]12C. The molecule has 0 unspecified atom stereocenters. The van der Waals surface area contributed by atoms with E-state index in [-0.39, 0.29) is 6.10 Å². The Bertz CT molecular complexity index is 610. The van der Waals surface area contributed by atoms with Gasteiger partial charge in [0.1, 0.15) is 0 Å². The summed E-state index contributed by atoms with van der Waals surface area (Å²) in [7, 11) is 0. The van der Waals surface area contributed by atoms with Gasteiger partial charge in [0.2, 0.25) is 0 Å². The second kappa shape index (κ2) is 8.30. The fourth-order valence-electron chi connectivity index (χ4n) is 8.73. The highest BCUT2D eigenvalue weighted by molar-refractivity contribution is 5.25. The van der Waals surface area contributed by atoms with Gasteiger partial charge in [0, 0.05) is 6.10 Å². The van der Waals surface area contributed by atoms with Crippen LogP contribution in [0.4, 0.5) is 0 Å². The van der Waals surface area contributed by atoms with Gasteiger partial charge in [-0.05, 0) is 97.7 Å². The van der Waals surface area contributed by atoms with Crippen LogP contribution >= 0.6 is 0 Å². The van der Waals surface area contributed by atoms with Gasteiger partial charge in [0.05, 0.1) is 0 Å². The quantitative estimate of drug-likeness (QED) is 0.282. The van der Waals surface area contributed by atoms with E-state index in [1.54, 1.807) is 5.57 Å². The Labute approximate surface area is 179 Å². The Hall–Kier alpha value is -0.340. The van der Waals surface area contributed by atoms with Crippen LogP contribution in [0.1, 0.15) is 105 Å². The van der Waals surface area contributed by atoms with Crippen molar-refractivity contribution in [2.24, 2.45) is 46.3 Å². The van der Waals surface area contributed by atoms with Crippen LogP contribution < -0.4 is 5.26 Å². The van der Waals surface area contributed by atoms with Crippen molar-refractivity contribution < 1.29 is 10.1 Å². The number of hydrogen-bond acceptors (Lipinski definition) is 2. The van der Waals surface area contributed by atoms with Crippen LogP contribution in [-0.4, -0.2) is 6.10 Å². The Morgan fingerprint density at radius 3 is 2.55 bits per heavy atom. The van der Waals surface area contributed by atoms with Gasteiger partial charge >= 0.3 is 0 Å². The van der Waals surface area contributed by atoms with Gasteiger partial charge in [-0.2, -0.15) is 0 Å². The summed E-state index contributed by atoms with van der Waals surface area (Å²) in [6, 6.07) is 0. The van der Waals surface area contributed by atoms with Gasteiger partial charge < -0.3 is 10.1 Å². The highest BCUT2D eigenvalue weighted by Crippen LogP contribution is 2.67. The maximum absolute atomic E-state index is 11.0. The fourth-order valence-corrected chi connectivity index (χ4v) is 8.73. The van der Waals surface area contributed by atoms with Crippen molar-refractivity contribution >= 4 is 0 Å². The molecule has 0 aromatic carbocycles. The lowest BCUT2D eigenvalue weighted by molar-refractivity contribution is -0.703. The molecule has 0 spiro atoms. The summed E-state index contributed by atoms with van der Waals surface area (Å²) in [5, 5.41) is 11.0. The van der Waals surface area contributed by atoms with E-state index in [4.69, 9.17) is 0 Å². The van der Waals surface area contributed by atoms with E-state index in [9.17, 15) is 5.26 Å². The Balaban J connectivity index is 1.48. The summed E-state index contributed by atoms with van der Waals surface area (Å²) >= 11 is 0. The van der Waals surface area contributed by atoms with E-state index >= 15 is 0 Å². The molecule has 2 nitrogen and oxygen atoms in total. The van der Waals surface area contributed by atoms with Crippen LogP contribution in [0, 0.1) is 46.3 Å². The molecule has 4 aliphatic rings. The van der Waals surface area contributed by atoms with Gasteiger partial charge in [-0.25, -0.2) is 0 Å². The van der Waals surface area contributed by atoms with E-state index in [0.717, 1.165) is 54.8 Å². The summed E-state index contributed by atoms with van der Waals surface area (Å²) in [6.07, 6.45) is 16.7. The summed E-state index contributed by atoms with van der Waals surface area (Å²) in [5.41, 5.74) is 2.46. The van der Waals surface area contributed by atoms with Crippen molar-refractivity contribution in [3.8, 4) is 0 Å². The molecular formula is C27H45O2-. The molecule has 0 aromatic heterocycles. The average Bonchev–Trinajstić information content (AvgIpc) is 3.04. The summed E-state index contributed by atoms with van der Waals surface area (Å²) in [6.45, 7) is 12.5. The Morgan fingerprint density at radius 1 is 1.03 bits per heavy atom. The number of fused-ring (bicyclic) bond motifs is 5. The topological polar surface area (TPSA) is 32.3 Å². The van der Waals surface area contributed by atoms with Crippen molar-refractivity contribution in [3.63, 3.8) is 0 Å². The zero-order valence-electron chi connectivity index (χ0n) is 19.7. The van der Waals surface area contributed by atoms with Crippen molar-refractivity contribution in [2.75, 3.05) is 0 Å². The largest absolute Gasteiger partial charge is 0.723 e. The molecule has 0 radical (unpaired) electrons. The zero-order chi connectivity index (χ0) is 20.8. The van der Waals surface area contributed by atoms with E-state index in [0.29, 0.717) is 10.8 Å². The molecule has 3 saturated carbocycles. The smallest absolute Gasteiger partial charge is 0.0488 e. The van der Waals surface area contributed by atoms with Crippen LogP contribution in [0.25, 0.3) is 0 Å². The van der Waals surface area contributed by atoms with E-state index in [2.05, 4.69) is 45.6 Å². The highest BCUT2D eigenvalue weighted by Gasteiger charge is 2.59. The molecule has 0 bridgehead atoms. The Kier molecular flexibility index (Phi) is 6.26. The molecule has 0 N–H and O–H groups in total. The van der Waals surface area contributed by atoms with Crippen molar-refractivity contribution in [3.05, 3.63) is 11.6 Å². The molecule has 0 saturated heterocycles. The molecule has 8 atom stereocenters. The lowest BCUT2D eigenvalue weighted by Gasteiger charge is -2.58. The third kappa shape index (κ3) is 3.75. The molecule has 2 heteroatoms. The summed E-state index contributed by atoms with van der Waals surface area (Å²) < 4.78 is 0. The maximum atomic E-state index is 11.0. The first-order valence-corrected chi connectivity index (χ1v) is 12.8. The molecule has 29 heavy (non-hydrogen) atoms. The minimum atomic E-state index is -0.0812. The van der Waals surface area contributed by atoms with E-state index in [1.807, 2.05) is 0 Å². The Morgan fingerprint density at radius 2 is 1.83 bits per heavy atom. The first kappa shape index (κ1) is 21.9. The standard InChI is InChI=1S/C27H46O2/c1-18(2)7-6-8-19(3)23-11-12-24-22-10-9-20-17-21(29-28)13-15-26(20,4)25(22)14-16-27(23,24)5/h9,18-19,21-25,28H,6-8,10-17H2,1-5H3/p-1/t19-,21+,22+,23-,24+,25+,26+,27-/m1/s1.